The van der Waals surface area contributed by atoms with Crippen LogP contribution in [0.2, 0.25) is 0 Å². The number of hydrazine groups is 1. The second-order valence-electron chi connectivity index (χ2n) is 5.69. The zero-order valence-corrected chi connectivity index (χ0v) is 12.7. The minimum atomic E-state index is 0.0662. The number of urea groups is 1. The molecule has 0 aromatic rings. The fraction of sp³-hybridized carbons (Fsp3) is 0.857. The SMILES string of the molecule is CCNN1C[CH]OC2CN(C(=O)N3CCOCC3)CCC21. The number of morpholine rings is 2. The maximum Gasteiger partial charge on any atom is 0.320 e. The summed E-state index contributed by atoms with van der Waals surface area (Å²) in [5, 5.41) is 2.24. The molecule has 1 N–H and O–H groups in total. The van der Waals surface area contributed by atoms with Gasteiger partial charge in [0.15, 0.2) is 0 Å². The Bertz CT molecular complexity index is 360. The minimum Gasteiger partial charge on any atom is -0.378 e. The maximum absolute atomic E-state index is 12.5. The van der Waals surface area contributed by atoms with Crippen LogP contribution in [-0.4, -0.2) is 85.5 Å². The van der Waals surface area contributed by atoms with Crippen molar-refractivity contribution in [3.05, 3.63) is 6.61 Å². The summed E-state index contributed by atoms with van der Waals surface area (Å²) in [6.45, 7) is 9.78. The van der Waals surface area contributed by atoms with E-state index in [0.29, 0.717) is 38.9 Å². The fourth-order valence-corrected chi connectivity index (χ4v) is 3.29. The third-order valence-electron chi connectivity index (χ3n) is 4.38. The number of carbonyl (C=O) groups excluding carboxylic acids is 1. The molecule has 3 heterocycles. The van der Waals surface area contributed by atoms with Gasteiger partial charge in [-0.3, -0.25) is 5.43 Å². The van der Waals surface area contributed by atoms with Crippen molar-refractivity contribution in [2.45, 2.75) is 25.5 Å². The van der Waals surface area contributed by atoms with Crippen LogP contribution in [0.5, 0.6) is 0 Å². The molecule has 0 aromatic carbocycles. The second kappa shape index (κ2) is 6.91. The van der Waals surface area contributed by atoms with Crippen LogP contribution in [0, 0.1) is 6.61 Å². The summed E-state index contributed by atoms with van der Waals surface area (Å²) in [5.41, 5.74) is 3.38. The van der Waals surface area contributed by atoms with Gasteiger partial charge in [0.2, 0.25) is 0 Å². The van der Waals surface area contributed by atoms with Gasteiger partial charge >= 0.3 is 6.03 Å². The van der Waals surface area contributed by atoms with Gasteiger partial charge < -0.3 is 19.3 Å². The van der Waals surface area contributed by atoms with Crippen molar-refractivity contribution in [1.82, 2.24) is 20.2 Å². The molecule has 0 saturated carbocycles. The molecule has 2 unspecified atom stereocenters. The number of hydrogen-bond acceptors (Lipinski definition) is 5. The molecule has 1 radical (unpaired) electrons. The molecule has 2 amide bonds. The van der Waals surface area contributed by atoms with Crippen molar-refractivity contribution in [1.29, 1.82) is 0 Å². The third kappa shape index (κ3) is 3.31. The molecule has 7 nitrogen and oxygen atoms in total. The Morgan fingerprint density at radius 3 is 2.86 bits per heavy atom. The van der Waals surface area contributed by atoms with Gasteiger partial charge in [-0.05, 0) is 6.42 Å². The van der Waals surface area contributed by atoms with Crippen molar-refractivity contribution in [2.24, 2.45) is 0 Å². The summed E-state index contributed by atoms with van der Waals surface area (Å²) in [7, 11) is 0. The van der Waals surface area contributed by atoms with Gasteiger partial charge in [-0.1, -0.05) is 6.92 Å². The van der Waals surface area contributed by atoms with E-state index in [1.165, 1.54) is 0 Å². The molecule has 0 aromatic heterocycles. The van der Waals surface area contributed by atoms with Crippen molar-refractivity contribution in [2.75, 3.05) is 52.5 Å². The van der Waals surface area contributed by atoms with Crippen LogP contribution in [0.15, 0.2) is 0 Å². The predicted octanol–water partition coefficient (Wildman–Crippen LogP) is -0.100. The number of amides is 2. The van der Waals surface area contributed by atoms with E-state index >= 15 is 0 Å². The van der Waals surface area contributed by atoms with Gasteiger partial charge in [0.05, 0.1) is 38.5 Å². The monoisotopic (exact) mass is 297 g/mol. The minimum absolute atomic E-state index is 0.0662. The van der Waals surface area contributed by atoms with Gasteiger partial charge in [-0.2, -0.15) is 0 Å². The second-order valence-corrected chi connectivity index (χ2v) is 5.69. The van der Waals surface area contributed by atoms with E-state index in [1.807, 2.05) is 16.4 Å². The molecule has 3 saturated heterocycles. The topological polar surface area (TPSA) is 57.3 Å². The Labute approximate surface area is 126 Å². The van der Waals surface area contributed by atoms with Crippen LogP contribution in [0.1, 0.15) is 13.3 Å². The molecule has 21 heavy (non-hydrogen) atoms. The maximum atomic E-state index is 12.5. The summed E-state index contributed by atoms with van der Waals surface area (Å²) in [6.07, 6.45) is 1.01. The van der Waals surface area contributed by atoms with Gasteiger partial charge in [0.25, 0.3) is 0 Å². The molecular weight excluding hydrogens is 272 g/mol. The molecule has 0 spiro atoms. The average Bonchev–Trinajstić information content (AvgIpc) is 2.55. The number of nitrogens with zero attached hydrogens (tertiary/aromatic N) is 3. The summed E-state index contributed by atoms with van der Waals surface area (Å²) in [6, 6.07) is 0.476. The lowest BCUT2D eigenvalue weighted by atomic mass is 10.00. The largest absolute Gasteiger partial charge is 0.378 e. The molecular formula is C14H25N4O3. The first-order valence-corrected chi connectivity index (χ1v) is 7.88. The van der Waals surface area contributed by atoms with Crippen molar-refractivity contribution >= 4 is 6.03 Å². The van der Waals surface area contributed by atoms with E-state index in [2.05, 4.69) is 17.4 Å². The lowest BCUT2D eigenvalue weighted by Gasteiger charge is -2.47. The fourth-order valence-electron chi connectivity index (χ4n) is 3.29. The third-order valence-corrected chi connectivity index (χ3v) is 4.38. The number of hydrogen-bond donors (Lipinski definition) is 1. The number of nitrogens with one attached hydrogen (secondary N) is 1. The van der Waals surface area contributed by atoms with Crippen LogP contribution in [0.3, 0.4) is 0 Å². The molecule has 7 heteroatoms. The Morgan fingerprint density at radius 2 is 2.10 bits per heavy atom. The molecule has 3 rings (SSSR count). The van der Waals surface area contributed by atoms with Crippen LogP contribution < -0.4 is 5.43 Å². The zero-order chi connectivity index (χ0) is 14.7. The predicted molar refractivity (Wildman–Crippen MR) is 77.3 cm³/mol. The van der Waals surface area contributed by atoms with Gasteiger partial charge in [-0.25, -0.2) is 9.80 Å². The lowest BCUT2D eigenvalue weighted by molar-refractivity contribution is -0.0881. The van der Waals surface area contributed by atoms with E-state index in [9.17, 15) is 4.79 Å². The summed E-state index contributed by atoms with van der Waals surface area (Å²) >= 11 is 0. The number of ether oxygens (including phenoxy) is 2. The quantitative estimate of drug-likeness (QED) is 0.771. The van der Waals surface area contributed by atoms with Crippen LogP contribution in [-0.2, 0) is 9.47 Å². The Hall–Kier alpha value is -0.890. The van der Waals surface area contributed by atoms with Gasteiger partial charge in [0, 0.05) is 32.7 Å². The molecule has 119 valence electrons. The van der Waals surface area contributed by atoms with Crippen molar-refractivity contribution in [3.8, 4) is 0 Å². The van der Waals surface area contributed by atoms with Crippen LogP contribution in [0.25, 0.3) is 0 Å². The smallest absolute Gasteiger partial charge is 0.320 e. The highest BCUT2D eigenvalue weighted by Crippen LogP contribution is 2.24. The highest BCUT2D eigenvalue weighted by Gasteiger charge is 2.39. The van der Waals surface area contributed by atoms with Crippen molar-refractivity contribution in [3.63, 3.8) is 0 Å². The van der Waals surface area contributed by atoms with E-state index < -0.39 is 0 Å². The van der Waals surface area contributed by atoms with E-state index in [1.54, 1.807) is 0 Å². The first kappa shape index (κ1) is 15.0. The van der Waals surface area contributed by atoms with E-state index in [0.717, 1.165) is 26.1 Å². The highest BCUT2D eigenvalue weighted by molar-refractivity contribution is 5.74. The Morgan fingerprint density at radius 1 is 1.29 bits per heavy atom. The van der Waals surface area contributed by atoms with Gasteiger partial charge in [-0.15, -0.1) is 0 Å². The number of carbonyl (C=O) groups is 1. The zero-order valence-electron chi connectivity index (χ0n) is 12.7. The average molecular weight is 297 g/mol. The Balaban J connectivity index is 1.57. The molecule has 0 aliphatic carbocycles. The number of piperidine rings is 1. The first-order chi connectivity index (χ1) is 10.3. The normalized spacial score (nSPS) is 31.1. The molecule has 0 bridgehead atoms. The standard InChI is InChI=1S/C14H25N4O3/c1-2-15-18-7-10-21-13-11-17(4-3-12(13)18)14(19)16-5-8-20-9-6-16/h10,12-13,15H,2-9,11H2,1H3. The van der Waals surface area contributed by atoms with Crippen molar-refractivity contribution < 1.29 is 14.3 Å². The lowest BCUT2D eigenvalue weighted by Crippen LogP contribution is -2.63. The summed E-state index contributed by atoms with van der Waals surface area (Å²) < 4.78 is 11.1. The van der Waals surface area contributed by atoms with E-state index in [4.69, 9.17) is 9.47 Å². The molecule has 2 atom stereocenters. The molecule has 3 fully saturated rings. The number of fused-ring (bicyclic) bond motifs is 1. The van der Waals surface area contributed by atoms with Gasteiger partial charge in [0.1, 0.15) is 0 Å². The van der Waals surface area contributed by atoms with Crippen LogP contribution in [0.4, 0.5) is 4.79 Å². The number of rotatable bonds is 2. The first-order valence-electron chi connectivity index (χ1n) is 7.88. The highest BCUT2D eigenvalue weighted by atomic mass is 16.5. The summed E-state index contributed by atoms with van der Waals surface area (Å²) in [5.74, 6) is 0. The van der Waals surface area contributed by atoms with E-state index in [-0.39, 0.29) is 12.1 Å². The molecule has 3 aliphatic heterocycles. The molecule has 3 aliphatic rings. The summed E-state index contributed by atoms with van der Waals surface area (Å²) in [4.78, 5) is 16.3. The number of likely N-dealkylation sites (tertiary alicyclic amines) is 1. The van der Waals surface area contributed by atoms with Crippen LogP contribution >= 0.6 is 0 Å². The Kier molecular flexibility index (Phi) is 4.95.